The largest absolute Gasteiger partial charge is 0.445 e. The van der Waals surface area contributed by atoms with Gasteiger partial charge >= 0.3 is 0 Å². The molecule has 2 aromatic heterocycles. The molecule has 4 heteroatoms. The number of rotatable bonds is 2. The lowest BCUT2D eigenvalue weighted by Crippen LogP contribution is -2.11. The average Bonchev–Trinajstić information content (AvgIpc) is 3.08. The number of H-pyrrole nitrogens is 1. The van der Waals surface area contributed by atoms with E-state index in [-0.39, 0.29) is 10.8 Å². The van der Waals surface area contributed by atoms with Gasteiger partial charge in [-0.05, 0) is 0 Å². The summed E-state index contributed by atoms with van der Waals surface area (Å²) < 4.78 is 5.60. The van der Waals surface area contributed by atoms with Gasteiger partial charge < -0.3 is 9.40 Å². The predicted molar refractivity (Wildman–Crippen MR) is 101 cm³/mol. The highest BCUT2D eigenvalue weighted by Gasteiger charge is 2.20. The summed E-state index contributed by atoms with van der Waals surface area (Å²) in [6.07, 6.45) is 3.77. The summed E-state index contributed by atoms with van der Waals surface area (Å²) in [6, 6.07) is 0. The smallest absolute Gasteiger partial charge is 0.196 e. The molecule has 0 unspecified atom stereocenters. The zero-order chi connectivity index (χ0) is 18.7. The number of hydrogen-bond acceptors (Lipinski definition) is 3. The van der Waals surface area contributed by atoms with E-state index in [1.807, 2.05) is 12.4 Å². The SMILES string of the molecule is CC(C)c1ncc(C(C)(C)C)[nH]1.CC(C)c1ncc(C(C)(C)C)o1. The first-order chi connectivity index (χ1) is 10.8. The highest BCUT2D eigenvalue weighted by atomic mass is 16.4. The first-order valence-corrected chi connectivity index (χ1v) is 8.84. The Bertz CT molecular complexity index is 566. The molecule has 0 aliphatic carbocycles. The number of aromatic amines is 1. The van der Waals surface area contributed by atoms with Gasteiger partial charge in [-0.25, -0.2) is 9.97 Å². The van der Waals surface area contributed by atoms with Crippen LogP contribution in [0.3, 0.4) is 0 Å². The molecule has 136 valence electrons. The summed E-state index contributed by atoms with van der Waals surface area (Å²) in [5.74, 6) is 3.74. The first-order valence-electron chi connectivity index (χ1n) is 8.84. The Balaban J connectivity index is 0.000000240. The van der Waals surface area contributed by atoms with Crippen LogP contribution in [-0.2, 0) is 10.8 Å². The maximum Gasteiger partial charge on any atom is 0.196 e. The molecule has 4 nitrogen and oxygen atoms in total. The monoisotopic (exact) mass is 333 g/mol. The van der Waals surface area contributed by atoms with E-state index in [2.05, 4.69) is 84.2 Å². The Morgan fingerprint density at radius 2 is 1.42 bits per heavy atom. The van der Waals surface area contributed by atoms with Gasteiger partial charge in [0.15, 0.2) is 5.89 Å². The van der Waals surface area contributed by atoms with Crippen molar-refractivity contribution in [2.24, 2.45) is 0 Å². The van der Waals surface area contributed by atoms with Crippen molar-refractivity contribution in [3.63, 3.8) is 0 Å². The van der Waals surface area contributed by atoms with Crippen LogP contribution in [0.2, 0.25) is 0 Å². The topological polar surface area (TPSA) is 54.7 Å². The van der Waals surface area contributed by atoms with Crippen molar-refractivity contribution in [3.05, 3.63) is 35.6 Å². The Kier molecular flexibility index (Phi) is 6.43. The van der Waals surface area contributed by atoms with Crippen LogP contribution >= 0.6 is 0 Å². The Morgan fingerprint density at radius 1 is 0.833 bits per heavy atom. The molecule has 0 fully saturated rings. The third kappa shape index (κ3) is 5.81. The van der Waals surface area contributed by atoms with Crippen LogP contribution in [0.25, 0.3) is 0 Å². The van der Waals surface area contributed by atoms with E-state index < -0.39 is 0 Å². The fraction of sp³-hybridized carbons (Fsp3) is 0.700. The van der Waals surface area contributed by atoms with Gasteiger partial charge in [-0.2, -0.15) is 0 Å². The Labute approximate surface area is 147 Å². The van der Waals surface area contributed by atoms with Crippen LogP contribution < -0.4 is 0 Å². The van der Waals surface area contributed by atoms with Crippen molar-refractivity contribution in [1.29, 1.82) is 0 Å². The van der Waals surface area contributed by atoms with Crippen LogP contribution in [0.1, 0.15) is 104 Å². The number of hydrogen-bond donors (Lipinski definition) is 1. The number of nitrogens with one attached hydrogen (secondary N) is 1. The minimum atomic E-state index is 0.0696. The second-order valence-corrected chi connectivity index (χ2v) is 9.05. The molecule has 24 heavy (non-hydrogen) atoms. The average molecular weight is 334 g/mol. The zero-order valence-corrected chi connectivity index (χ0v) is 17.1. The molecule has 0 radical (unpaired) electrons. The molecule has 0 saturated carbocycles. The predicted octanol–water partition coefficient (Wildman–Crippen LogP) is 5.93. The number of aromatic nitrogens is 3. The van der Waals surface area contributed by atoms with Gasteiger partial charge in [-0.1, -0.05) is 69.2 Å². The van der Waals surface area contributed by atoms with Gasteiger partial charge in [-0.3, -0.25) is 0 Å². The van der Waals surface area contributed by atoms with Gasteiger partial charge in [0.2, 0.25) is 0 Å². The van der Waals surface area contributed by atoms with Crippen molar-refractivity contribution in [2.75, 3.05) is 0 Å². The summed E-state index contributed by atoms with van der Waals surface area (Å²) in [5.41, 5.74) is 1.46. The van der Waals surface area contributed by atoms with Crippen molar-refractivity contribution in [3.8, 4) is 0 Å². The normalized spacial score (nSPS) is 12.5. The fourth-order valence-electron chi connectivity index (χ4n) is 1.91. The summed E-state index contributed by atoms with van der Waals surface area (Å²) in [4.78, 5) is 11.9. The zero-order valence-electron chi connectivity index (χ0n) is 17.1. The maximum atomic E-state index is 5.60. The second kappa shape index (κ2) is 7.54. The number of oxazole rings is 1. The second-order valence-electron chi connectivity index (χ2n) is 9.05. The molecule has 0 spiro atoms. The summed E-state index contributed by atoms with van der Waals surface area (Å²) in [5, 5.41) is 0. The van der Waals surface area contributed by atoms with Crippen molar-refractivity contribution >= 4 is 0 Å². The van der Waals surface area contributed by atoms with Gasteiger partial charge in [0.1, 0.15) is 11.6 Å². The molecule has 2 heterocycles. The van der Waals surface area contributed by atoms with E-state index in [9.17, 15) is 0 Å². The standard InChI is InChI=1S/C10H18N2.C10H17NO/c2*1-7(2)9-11-6-8(12-9)10(3,4)5/h6-7H,1-5H3,(H,11,12);6-7H,1-5H3. The lowest BCUT2D eigenvalue weighted by atomic mass is 9.93. The summed E-state index contributed by atoms with van der Waals surface area (Å²) in [7, 11) is 0. The van der Waals surface area contributed by atoms with Gasteiger partial charge in [-0.15, -0.1) is 0 Å². The molecule has 2 rings (SSSR count). The fourth-order valence-corrected chi connectivity index (χ4v) is 1.91. The molecule has 0 aromatic carbocycles. The lowest BCUT2D eigenvalue weighted by molar-refractivity contribution is 0.372. The van der Waals surface area contributed by atoms with Crippen molar-refractivity contribution in [2.45, 2.75) is 91.9 Å². The molecule has 0 atom stereocenters. The third-order valence-corrected chi connectivity index (χ3v) is 3.71. The highest BCUT2D eigenvalue weighted by molar-refractivity contribution is 5.12. The molecule has 0 saturated heterocycles. The minimum Gasteiger partial charge on any atom is -0.445 e. The van der Waals surface area contributed by atoms with Gasteiger partial charge in [0, 0.05) is 34.6 Å². The molecule has 0 amide bonds. The summed E-state index contributed by atoms with van der Waals surface area (Å²) >= 11 is 0. The lowest BCUT2D eigenvalue weighted by Gasteiger charge is -2.15. The number of nitrogens with zero attached hydrogens (tertiary/aromatic N) is 2. The van der Waals surface area contributed by atoms with Crippen molar-refractivity contribution in [1.82, 2.24) is 15.0 Å². The first kappa shape index (κ1) is 20.5. The molecule has 1 N–H and O–H groups in total. The van der Waals surface area contributed by atoms with Gasteiger partial charge in [0.05, 0.1) is 6.20 Å². The van der Waals surface area contributed by atoms with Crippen LogP contribution in [0.4, 0.5) is 0 Å². The van der Waals surface area contributed by atoms with Crippen molar-refractivity contribution < 1.29 is 4.42 Å². The Morgan fingerprint density at radius 3 is 1.67 bits per heavy atom. The van der Waals surface area contributed by atoms with Crippen LogP contribution in [0.5, 0.6) is 0 Å². The number of imidazole rings is 1. The van der Waals surface area contributed by atoms with Crippen LogP contribution in [0, 0.1) is 0 Å². The van der Waals surface area contributed by atoms with E-state index in [0.717, 1.165) is 17.5 Å². The molecule has 0 aliphatic rings. The van der Waals surface area contributed by atoms with E-state index in [4.69, 9.17) is 4.42 Å². The van der Waals surface area contributed by atoms with E-state index in [0.29, 0.717) is 11.8 Å². The van der Waals surface area contributed by atoms with Gasteiger partial charge in [0.25, 0.3) is 0 Å². The molecule has 0 aliphatic heterocycles. The molecular formula is C20H35N3O. The molecular weight excluding hydrogens is 298 g/mol. The molecule has 2 aromatic rings. The van der Waals surface area contributed by atoms with E-state index in [1.165, 1.54) is 5.69 Å². The quantitative estimate of drug-likeness (QED) is 0.741. The van der Waals surface area contributed by atoms with E-state index >= 15 is 0 Å². The van der Waals surface area contributed by atoms with E-state index in [1.54, 1.807) is 0 Å². The molecule has 0 bridgehead atoms. The van der Waals surface area contributed by atoms with Crippen LogP contribution in [-0.4, -0.2) is 15.0 Å². The maximum absolute atomic E-state index is 5.60. The third-order valence-electron chi connectivity index (χ3n) is 3.71. The highest BCUT2D eigenvalue weighted by Crippen LogP contribution is 2.25. The minimum absolute atomic E-state index is 0.0696. The summed E-state index contributed by atoms with van der Waals surface area (Å²) in [6.45, 7) is 21.4. The Hall–Kier alpha value is -1.58. The van der Waals surface area contributed by atoms with Crippen LogP contribution in [0.15, 0.2) is 16.8 Å².